The number of nitrogens with zero attached hydrogens (tertiary/aromatic N) is 1. The summed E-state index contributed by atoms with van der Waals surface area (Å²) in [4.78, 5) is 18.1. The molecule has 134 valence electrons. The minimum absolute atomic E-state index is 0.00747. The van der Waals surface area contributed by atoms with Crippen LogP contribution in [0.2, 0.25) is 0 Å². The molecule has 3 atom stereocenters. The van der Waals surface area contributed by atoms with Gasteiger partial charge in [-0.25, -0.2) is 4.98 Å². The van der Waals surface area contributed by atoms with Gasteiger partial charge < -0.3 is 14.4 Å². The molecule has 1 aliphatic rings. The average molecular weight is 362 g/mol. The Bertz CT molecular complexity index is 707. The number of thiazole rings is 1. The van der Waals surface area contributed by atoms with Gasteiger partial charge in [-0.2, -0.15) is 0 Å². The van der Waals surface area contributed by atoms with Gasteiger partial charge in [0, 0.05) is 10.9 Å². The Hall–Kier alpha value is -1.96. The standard InChI is InChI=1S/C18H23N3O3S/c1-12-8-21(9-13(2)24-12)10-17(22)20-18-19-16(11-25-18)14-4-6-15(23-3)7-5-14/h4-7,11-13H,8-10H2,1-3H3,(H,19,20,22)/p+1/t12-,13+. The zero-order valence-electron chi connectivity index (χ0n) is 14.7. The Kier molecular flexibility index (Phi) is 5.67. The molecule has 2 aromatic rings. The van der Waals surface area contributed by atoms with Crippen molar-refractivity contribution in [2.45, 2.75) is 26.1 Å². The second-order valence-corrected chi connectivity index (χ2v) is 7.27. The van der Waals surface area contributed by atoms with Gasteiger partial charge in [0.2, 0.25) is 0 Å². The van der Waals surface area contributed by atoms with Gasteiger partial charge in [-0.05, 0) is 38.1 Å². The van der Waals surface area contributed by atoms with Crippen molar-refractivity contribution in [2.24, 2.45) is 0 Å². The normalized spacial score (nSPS) is 23.2. The summed E-state index contributed by atoms with van der Waals surface area (Å²) in [5.41, 5.74) is 1.85. The van der Waals surface area contributed by atoms with Crippen molar-refractivity contribution >= 4 is 22.4 Å². The van der Waals surface area contributed by atoms with Crippen molar-refractivity contribution in [1.29, 1.82) is 0 Å². The molecular weight excluding hydrogens is 338 g/mol. The van der Waals surface area contributed by atoms with Crippen LogP contribution in [0.1, 0.15) is 13.8 Å². The topological polar surface area (TPSA) is 64.9 Å². The molecule has 6 nitrogen and oxygen atoms in total. The Morgan fingerprint density at radius 2 is 2.00 bits per heavy atom. The van der Waals surface area contributed by atoms with E-state index in [2.05, 4.69) is 24.1 Å². The van der Waals surface area contributed by atoms with E-state index in [1.165, 1.54) is 16.2 Å². The molecule has 1 aliphatic heterocycles. The molecule has 1 unspecified atom stereocenters. The van der Waals surface area contributed by atoms with Crippen LogP contribution in [0.4, 0.5) is 5.13 Å². The first-order valence-electron chi connectivity index (χ1n) is 8.42. The van der Waals surface area contributed by atoms with Crippen LogP contribution in [0, 0.1) is 0 Å². The number of rotatable bonds is 5. The lowest BCUT2D eigenvalue weighted by atomic mass is 10.2. The first-order valence-corrected chi connectivity index (χ1v) is 9.30. The zero-order chi connectivity index (χ0) is 17.8. The summed E-state index contributed by atoms with van der Waals surface area (Å²) < 4.78 is 10.9. The van der Waals surface area contributed by atoms with Gasteiger partial charge in [0.15, 0.2) is 11.7 Å². The largest absolute Gasteiger partial charge is 0.497 e. The third kappa shape index (κ3) is 4.78. The number of hydrogen-bond donors (Lipinski definition) is 2. The summed E-state index contributed by atoms with van der Waals surface area (Å²) in [7, 11) is 1.64. The Morgan fingerprint density at radius 3 is 2.64 bits per heavy atom. The van der Waals surface area contributed by atoms with Crippen LogP contribution in [0.3, 0.4) is 0 Å². The number of methoxy groups -OCH3 is 1. The second-order valence-electron chi connectivity index (χ2n) is 6.41. The lowest BCUT2D eigenvalue weighted by Gasteiger charge is -2.31. The number of morpholine rings is 1. The number of anilines is 1. The summed E-state index contributed by atoms with van der Waals surface area (Å²) in [6, 6.07) is 7.72. The fraction of sp³-hybridized carbons (Fsp3) is 0.444. The van der Waals surface area contributed by atoms with Gasteiger partial charge in [-0.3, -0.25) is 10.1 Å². The number of quaternary nitrogens is 1. The van der Waals surface area contributed by atoms with Crippen LogP contribution in [-0.4, -0.2) is 49.8 Å². The van der Waals surface area contributed by atoms with E-state index in [1.807, 2.05) is 29.6 Å². The number of carbonyl (C=O) groups excluding carboxylic acids is 1. The van der Waals surface area contributed by atoms with E-state index in [1.54, 1.807) is 7.11 Å². The number of benzene rings is 1. The van der Waals surface area contributed by atoms with E-state index < -0.39 is 0 Å². The molecule has 1 saturated heterocycles. The number of ether oxygens (including phenoxy) is 2. The molecule has 25 heavy (non-hydrogen) atoms. The Labute approximate surface area is 151 Å². The van der Waals surface area contributed by atoms with Crippen LogP contribution >= 0.6 is 11.3 Å². The van der Waals surface area contributed by atoms with Crippen LogP contribution in [0.15, 0.2) is 29.6 Å². The van der Waals surface area contributed by atoms with E-state index >= 15 is 0 Å². The number of carbonyl (C=O) groups is 1. The first kappa shape index (κ1) is 17.8. The predicted octanol–water partition coefficient (Wildman–Crippen LogP) is 1.45. The van der Waals surface area contributed by atoms with Gasteiger partial charge in [0.1, 0.15) is 31.0 Å². The monoisotopic (exact) mass is 362 g/mol. The van der Waals surface area contributed by atoms with Crippen molar-refractivity contribution in [3.8, 4) is 17.0 Å². The molecule has 1 fully saturated rings. The maximum atomic E-state index is 12.3. The SMILES string of the molecule is COc1ccc(-c2csc(NC(=O)C[NH+]3C[C@@H](C)O[C@@H](C)C3)n2)cc1. The number of nitrogens with one attached hydrogen (secondary N) is 2. The van der Waals surface area contributed by atoms with Crippen molar-refractivity contribution in [3.63, 3.8) is 0 Å². The van der Waals surface area contributed by atoms with Crippen molar-refractivity contribution in [3.05, 3.63) is 29.6 Å². The number of amides is 1. The first-order chi connectivity index (χ1) is 12.0. The second kappa shape index (κ2) is 7.95. The lowest BCUT2D eigenvalue weighted by Crippen LogP contribution is -3.16. The highest BCUT2D eigenvalue weighted by atomic mass is 32.1. The molecule has 1 aromatic carbocycles. The highest BCUT2D eigenvalue weighted by Gasteiger charge is 2.27. The van der Waals surface area contributed by atoms with E-state index in [9.17, 15) is 4.79 Å². The molecular formula is C18H24N3O3S+. The van der Waals surface area contributed by atoms with Crippen molar-refractivity contribution < 1.29 is 19.2 Å². The smallest absolute Gasteiger partial charge is 0.281 e. The fourth-order valence-electron chi connectivity index (χ4n) is 3.15. The number of aromatic nitrogens is 1. The van der Waals surface area contributed by atoms with E-state index in [0.29, 0.717) is 11.7 Å². The minimum Gasteiger partial charge on any atom is -0.497 e. The van der Waals surface area contributed by atoms with Crippen molar-refractivity contribution in [2.75, 3.05) is 32.1 Å². The molecule has 0 aliphatic carbocycles. The van der Waals surface area contributed by atoms with E-state index in [-0.39, 0.29) is 18.1 Å². The van der Waals surface area contributed by atoms with Gasteiger partial charge in [0.25, 0.3) is 5.91 Å². The summed E-state index contributed by atoms with van der Waals surface area (Å²) in [5, 5.41) is 5.49. The summed E-state index contributed by atoms with van der Waals surface area (Å²) in [6.45, 7) is 6.25. The third-order valence-corrected chi connectivity index (χ3v) is 4.92. The zero-order valence-corrected chi connectivity index (χ0v) is 15.6. The van der Waals surface area contributed by atoms with Gasteiger partial charge in [-0.1, -0.05) is 0 Å². The molecule has 1 amide bonds. The maximum Gasteiger partial charge on any atom is 0.281 e. The molecule has 0 radical (unpaired) electrons. The molecule has 3 rings (SSSR count). The van der Waals surface area contributed by atoms with Crippen LogP contribution in [0.25, 0.3) is 11.3 Å². The summed E-state index contributed by atoms with van der Waals surface area (Å²) in [5.74, 6) is 0.802. The quantitative estimate of drug-likeness (QED) is 0.845. The van der Waals surface area contributed by atoms with E-state index in [4.69, 9.17) is 9.47 Å². The number of hydrogen-bond acceptors (Lipinski definition) is 5. The molecule has 7 heteroatoms. The molecule has 0 saturated carbocycles. The van der Waals surface area contributed by atoms with E-state index in [0.717, 1.165) is 30.1 Å². The Balaban J connectivity index is 1.58. The van der Waals surface area contributed by atoms with Crippen LogP contribution in [-0.2, 0) is 9.53 Å². The summed E-state index contributed by atoms with van der Waals surface area (Å²) >= 11 is 1.44. The highest BCUT2D eigenvalue weighted by molar-refractivity contribution is 7.14. The van der Waals surface area contributed by atoms with Gasteiger partial charge in [0.05, 0.1) is 12.8 Å². The molecule has 2 heterocycles. The van der Waals surface area contributed by atoms with Gasteiger partial charge >= 0.3 is 0 Å². The molecule has 0 bridgehead atoms. The lowest BCUT2D eigenvalue weighted by molar-refractivity contribution is -0.907. The predicted molar refractivity (Wildman–Crippen MR) is 98.3 cm³/mol. The molecule has 2 N–H and O–H groups in total. The van der Waals surface area contributed by atoms with Crippen molar-refractivity contribution in [1.82, 2.24) is 4.98 Å². The van der Waals surface area contributed by atoms with Crippen LogP contribution in [0.5, 0.6) is 5.75 Å². The Morgan fingerprint density at radius 1 is 1.32 bits per heavy atom. The highest BCUT2D eigenvalue weighted by Crippen LogP contribution is 2.26. The maximum absolute atomic E-state index is 12.3. The van der Waals surface area contributed by atoms with Gasteiger partial charge in [-0.15, -0.1) is 11.3 Å². The average Bonchev–Trinajstić information content (AvgIpc) is 3.02. The molecule has 1 aromatic heterocycles. The minimum atomic E-state index is -0.00747. The summed E-state index contributed by atoms with van der Waals surface area (Å²) in [6.07, 6.45) is 0.376. The third-order valence-electron chi connectivity index (χ3n) is 4.16. The molecule has 0 spiro atoms. The van der Waals surface area contributed by atoms with Crippen LogP contribution < -0.4 is 15.0 Å². The fourth-order valence-corrected chi connectivity index (χ4v) is 3.89.